The van der Waals surface area contributed by atoms with Gasteiger partial charge in [-0.15, -0.1) is 0 Å². The number of benzene rings is 2. The number of halogens is 2. The Morgan fingerprint density at radius 2 is 1.85 bits per heavy atom. The Bertz CT molecular complexity index is 1290. The number of hydrogen-bond acceptors (Lipinski definition) is 5. The van der Waals surface area contributed by atoms with Gasteiger partial charge in [0.1, 0.15) is 11.6 Å². The third-order valence-electron chi connectivity index (χ3n) is 8.01. The molecule has 1 aliphatic carbocycles. The fraction of sp³-hybridized carbons (Fsp3) is 0.387. The van der Waals surface area contributed by atoms with Crippen LogP contribution in [0.15, 0.2) is 83.1 Å². The summed E-state index contributed by atoms with van der Waals surface area (Å²) in [7, 11) is 0. The molecule has 1 amide bonds. The molecule has 2 aromatic rings. The van der Waals surface area contributed by atoms with Crippen LogP contribution < -0.4 is 10.1 Å². The molecule has 0 saturated carbocycles. The van der Waals surface area contributed by atoms with Gasteiger partial charge in [0.05, 0.1) is 31.9 Å². The SMILES string of the molecule is O=C(c1ccc(F)cc1)N1CCC2=C(NC3C=CC(Cl)=CC23)C1c1ccc(OCCCN2CCOCC2)cc1. The highest BCUT2D eigenvalue weighted by molar-refractivity contribution is 6.31. The molecule has 1 fully saturated rings. The number of morpholine rings is 1. The van der Waals surface area contributed by atoms with Gasteiger partial charge in [-0.05, 0) is 66.5 Å². The Morgan fingerprint density at radius 1 is 1.08 bits per heavy atom. The quantitative estimate of drug-likeness (QED) is 0.490. The number of nitrogens with zero attached hydrogens (tertiary/aromatic N) is 2. The van der Waals surface area contributed by atoms with Gasteiger partial charge >= 0.3 is 0 Å². The Morgan fingerprint density at radius 3 is 2.62 bits per heavy atom. The Hall–Kier alpha value is -3.13. The van der Waals surface area contributed by atoms with Gasteiger partial charge in [-0.3, -0.25) is 9.69 Å². The van der Waals surface area contributed by atoms with E-state index in [4.69, 9.17) is 21.1 Å². The number of hydrogen-bond donors (Lipinski definition) is 1. The van der Waals surface area contributed by atoms with Crippen LogP contribution in [0, 0.1) is 11.7 Å². The molecule has 1 saturated heterocycles. The molecule has 4 aliphatic rings. The van der Waals surface area contributed by atoms with E-state index in [0.717, 1.165) is 67.7 Å². The highest BCUT2D eigenvalue weighted by Crippen LogP contribution is 2.45. The van der Waals surface area contributed by atoms with Crippen LogP contribution in [0.3, 0.4) is 0 Å². The van der Waals surface area contributed by atoms with Crippen molar-refractivity contribution >= 4 is 17.5 Å². The van der Waals surface area contributed by atoms with E-state index < -0.39 is 0 Å². The van der Waals surface area contributed by atoms with Crippen molar-refractivity contribution in [2.24, 2.45) is 5.92 Å². The summed E-state index contributed by atoms with van der Waals surface area (Å²) in [4.78, 5) is 18.0. The van der Waals surface area contributed by atoms with Gasteiger partial charge in [0.15, 0.2) is 0 Å². The fourth-order valence-electron chi connectivity index (χ4n) is 6.01. The monoisotopic (exact) mass is 549 g/mol. The number of nitrogens with one attached hydrogen (secondary N) is 1. The van der Waals surface area contributed by atoms with Crippen LogP contribution in [0.2, 0.25) is 0 Å². The number of carbonyl (C=O) groups is 1. The number of allylic oxidation sites excluding steroid dienone is 2. The van der Waals surface area contributed by atoms with Gasteiger partial charge in [-0.25, -0.2) is 4.39 Å². The van der Waals surface area contributed by atoms with E-state index in [1.807, 2.05) is 35.2 Å². The molecule has 1 N–H and O–H groups in total. The molecule has 0 aromatic heterocycles. The maximum Gasteiger partial charge on any atom is 0.254 e. The van der Waals surface area contributed by atoms with E-state index in [2.05, 4.69) is 22.4 Å². The molecular formula is C31H33ClFN3O3. The third kappa shape index (κ3) is 5.62. The molecule has 39 heavy (non-hydrogen) atoms. The van der Waals surface area contributed by atoms with Crippen LogP contribution in [0.5, 0.6) is 5.75 Å². The lowest BCUT2D eigenvalue weighted by Crippen LogP contribution is -2.41. The zero-order chi connectivity index (χ0) is 26.8. The highest BCUT2D eigenvalue weighted by Gasteiger charge is 2.43. The van der Waals surface area contributed by atoms with Crippen molar-refractivity contribution in [3.63, 3.8) is 0 Å². The molecule has 2 aromatic carbocycles. The first-order chi connectivity index (χ1) is 19.1. The Labute approximate surface area is 233 Å². The maximum atomic E-state index is 13.7. The van der Waals surface area contributed by atoms with E-state index in [-0.39, 0.29) is 29.7 Å². The van der Waals surface area contributed by atoms with Crippen molar-refractivity contribution in [3.05, 3.63) is 100 Å². The summed E-state index contributed by atoms with van der Waals surface area (Å²) >= 11 is 6.36. The van der Waals surface area contributed by atoms with Crippen molar-refractivity contribution in [1.29, 1.82) is 0 Å². The second-order valence-electron chi connectivity index (χ2n) is 10.4. The predicted molar refractivity (Wildman–Crippen MR) is 149 cm³/mol. The van der Waals surface area contributed by atoms with Crippen LogP contribution in [-0.4, -0.2) is 67.7 Å². The van der Waals surface area contributed by atoms with E-state index >= 15 is 0 Å². The molecular weight excluding hydrogens is 517 g/mol. The van der Waals surface area contributed by atoms with Crippen LogP contribution in [-0.2, 0) is 4.74 Å². The molecule has 3 heterocycles. The van der Waals surface area contributed by atoms with Crippen LogP contribution >= 0.6 is 11.6 Å². The van der Waals surface area contributed by atoms with E-state index in [1.165, 1.54) is 17.7 Å². The van der Waals surface area contributed by atoms with Gasteiger partial charge in [-0.2, -0.15) is 0 Å². The average molecular weight is 550 g/mol. The molecule has 6 nitrogen and oxygen atoms in total. The van der Waals surface area contributed by atoms with Crippen LogP contribution in [0.1, 0.15) is 34.8 Å². The molecule has 3 aliphatic heterocycles. The molecule has 6 rings (SSSR count). The maximum absolute atomic E-state index is 13.7. The van der Waals surface area contributed by atoms with Crippen LogP contribution in [0.4, 0.5) is 4.39 Å². The largest absolute Gasteiger partial charge is 0.494 e. The summed E-state index contributed by atoms with van der Waals surface area (Å²) in [6.07, 6.45) is 7.84. The predicted octanol–water partition coefficient (Wildman–Crippen LogP) is 5.05. The van der Waals surface area contributed by atoms with Gasteiger partial charge in [0, 0.05) is 48.4 Å². The molecule has 3 atom stereocenters. The van der Waals surface area contributed by atoms with Crippen LogP contribution in [0.25, 0.3) is 0 Å². The normalized spacial score (nSPS) is 24.6. The van der Waals surface area contributed by atoms with Crippen molar-refractivity contribution < 1.29 is 18.7 Å². The van der Waals surface area contributed by atoms with E-state index in [1.54, 1.807) is 12.1 Å². The van der Waals surface area contributed by atoms with Gasteiger partial charge in [0.25, 0.3) is 5.91 Å². The van der Waals surface area contributed by atoms with Gasteiger partial charge in [0.2, 0.25) is 0 Å². The summed E-state index contributed by atoms with van der Waals surface area (Å²) in [5.41, 5.74) is 3.82. The van der Waals surface area contributed by atoms with Crippen molar-refractivity contribution in [2.45, 2.75) is 24.9 Å². The minimum Gasteiger partial charge on any atom is -0.494 e. The lowest BCUT2D eigenvalue weighted by atomic mass is 9.85. The minimum absolute atomic E-state index is 0.115. The minimum atomic E-state index is -0.357. The molecule has 204 valence electrons. The number of carbonyl (C=O) groups excluding carboxylic acids is 1. The van der Waals surface area contributed by atoms with Crippen molar-refractivity contribution in [2.75, 3.05) is 46.0 Å². The summed E-state index contributed by atoms with van der Waals surface area (Å²) < 4.78 is 25.0. The zero-order valence-corrected chi connectivity index (χ0v) is 22.6. The standard InChI is InChI=1S/C31H33ClFN3O3/c32-23-6-11-28-27(20-23)26-12-14-36(31(37)22-2-7-24(33)8-3-22)30(29(26)34-28)21-4-9-25(10-5-21)39-17-1-13-35-15-18-38-19-16-35/h2-11,20,27-28,30,34H,1,12-19H2. The molecule has 0 radical (unpaired) electrons. The summed E-state index contributed by atoms with van der Waals surface area (Å²) in [5, 5.41) is 4.43. The van der Waals surface area contributed by atoms with E-state index in [9.17, 15) is 9.18 Å². The van der Waals surface area contributed by atoms with E-state index in [0.29, 0.717) is 18.7 Å². The average Bonchev–Trinajstić information content (AvgIpc) is 3.33. The highest BCUT2D eigenvalue weighted by atomic mass is 35.5. The zero-order valence-electron chi connectivity index (χ0n) is 21.8. The molecule has 0 bridgehead atoms. The first kappa shape index (κ1) is 26.1. The first-order valence-corrected chi connectivity index (χ1v) is 14.1. The third-order valence-corrected chi connectivity index (χ3v) is 8.26. The smallest absolute Gasteiger partial charge is 0.254 e. The summed E-state index contributed by atoms with van der Waals surface area (Å²) in [6.45, 7) is 5.79. The lowest BCUT2D eigenvalue weighted by Gasteiger charge is -2.38. The first-order valence-electron chi connectivity index (χ1n) is 13.7. The lowest BCUT2D eigenvalue weighted by molar-refractivity contribution is 0.0358. The topological polar surface area (TPSA) is 54.0 Å². The summed E-state index contributed by atoms with van der Waals surface area (Å²) in [6, 6.07) is 13.7. The Kier molecular flexibility index (Phi) is 7.73. The van der Waals surface area contributed by atoms with Crippen molar-refractivity contribution in [1.82, 2.24) is 15.1 Å². The summed E-state index contributed by atoms with van der Waals surface area (Å²) in [5.74, 6) is 0.519. The molecule has 3 unspecified atom stereocenters. The number of ether oxygens (including phenoxy) is 2. The van der Waals surface area contributed by atoms with Gasteiger partial charge < -0.3 is 19.7 Å². The fourth-order valence-corrected chi connectivity index (χ4v) is 6.22. The number of fused-ring (bicyclic) bond motifs is 2. The molecule has 0 spiro atoms. The number of amides is 1. The number of rotatable bonds is 7. The second kappa shape index (κ2) is 11.5. The van der Waals surface area contributed by atoms with Crippen molar-refractivity contribution in [3.8, 4) is 5.75 Å². The second-order valence-corrected chi connectivity index (χ2v) is 10.9. The molecule has 8 heteroatoms. The Balaban J connectivity index is 1.22. The van der Waals surface area contributed by atoms with Gasteiger partial charge in [-0.1, -0.05) is 35.9 Å².